The molecule has 0 radical (unpaired) electrons. The molecule has 1 fully saturated rings. The Labute approximate surface area is 208 Å². The first kappa shape index (κ1) is 26.5. The molecule has 186 valence electrons. The maximum Gasteiger partial charge on any atom is 0.314 e. The fraction of sp³-hybridized carbons (Fsp3) is 0.594. The Morgan fingerprint density at radius 1 is 0.794 bits per heavy atom. The molecule has 1 aliphatic carbocycles. The lowest BCUT2D eigenvalue weighted by atomic mass is 9.80. The van der Waals surface area contributed by atoms with Gasteiger partial charge in [0.1, 0.15) is 5.75 Å². The van der Waals surface area contributed by atoms with E-state index in [1.165, 1.54) is 92.9 Å². The van der Waals surface area contributed by atoms with E-state index >= 15 is 0 Å². The van der Waals surface area contributed by atoms with Gasteiger partial charge >= 0.3 is 5.97 Å². The van der Waals surface area contributed by atoms with Crippen LogP contribution in [0.25, 0.3) is 11.1 Å². The second-order valence-electron chi connectivity index (χ2n) is 10.5. The molecule has 1 saturated carbocycles. The SMILES string of the molecule is CCCCCCCCc1cc(C)cc(-c2ccc(OC(=O)C3CCC(CCCC)CC3)cc2)c1. The zero-order chi connectivity index (χ0) is 24.2. The summed E-state index contributed by atoms with van der Waals surface area (Å²) in [5, 5.41) is 0. The van der Waals surface area contributed by atoms with Gasteiger partial charge in [-0.1, -0.05) is 101 Å². The Kier molecular flexibility index (Phi) is 11.2. The lowest BCUT2D eigenvalue weighted by molar-refractivity contribution is -0.140. The van der Waals surface area contributed by atoms with E-state index in [0.29, 0.717) is 5.75 Å². The molecule has 0 bridgehead atoms. The molecule has 0 N–H and O–H groups in total. The van der Waals surface area contributed by atoms with Gasteiger partial charge in [0.15, 0.2) is 0 Å². The van der Waals surface area contributed by atoms with Crippen LogP contribution in [0.3, 0.4) is 0 Å². The third kappa shape index (κ3) is 8.60. The highest BCUT2D eigenvalue weighted by Crippen LogP contribution is 2.33. The van der Waals surface area contributed by atoms with Gasteiger partial charge in [-0.05, 0) is 80.2 Å². The predicted octanol–water partition coefficient (Wildman–Crippen LogP) is 9.47. The summed E-state index contributed by atoms with van der Waals surface area (Å²) < 4.78 is 5.76. The van der Waals surface area contributed by atoms with Gasteiger partial charge in [0.05, 0.1) is 5.92 Å². The van der Waals surface area contributed by atoms with Crippen molar-refractivity contribution < 1.29 is 9.53 Å². The molecular formula is C32H46O2. The third-order valence-electron chi connectivity index (χ3n) is 7.51. The molecule has 34 heavy (non-hydrogen) atoms. The number of unbranched alkanes of at least 4 members (excludes halogenated alkanes) is 6. The Morgan fingerprint density at radius 2 is 1.47 bits per heavy atom. The minimum Gasteiger partial charge on any atom is -0.426 e. The van der Waals surface area contributed by atoms with Crippen LogP contribution in [-0.4, -0.2) is 5.97 Å². The van der Waals surface area contributed by atoms with Gasteiger partial charge in [-0.2, -0.15) is 0 Å². The number of ether oxygens (including phenoxy) is 1. The van der Waals surface area contributed by atoms with E-state index in [1.54, 1.807) is 0 Å². The monoisotopic (exact) mass is 462 g/mol. The van der Waals surface area contributed by atoms with Crippen molar-refractivity contribution in [1.82, 2.24) is 0 Å². The molecule has 0 spiro atoms. The fourth-order valence-corrected chi connectivity index (χ4v) is 5.38. The number of carbonyl (C=O) groups is 1. The first-order valence-electron chi connectivity index (χ1n) is 14.0. The van der Waals surface area contributed by atoms with Crippen LogP contribution in [0.15, 0.2) is 42.5 Å². The third-order valence-corrected chi connectivity index (χ3v) is 7.51. The molecule has 1 aliphatic rings. The molecule has 0 aliphatic heterocycles. The van der Waals surface area contributed by atoms with Gasteiger partial charge in [-0.15, -0.1) is 0 Å². The number of rotatable bonds is 13. The summed E-state index contributed by atoms with van der Waals surface area (Å²) in [6.45, 7) is 6.70. The van der Waals surface area contributed by atoms with Crippen LogP contribution < -0.4 is 4.74 Å². The van der Waals surface area contributed by atoms with Gasteiger partial charge in [0.25, 0.3) is 0 Å². The van der Waals surface area contributed by atoms with Crippen LogP contribution in [0, 0.1) is 18.8 Å². The molecule has 2 nitrogen and oxygen atoms in total. The van der Waals surface area contributed by atoms with Crippen LogP contribution >= 0.6 is 0 Å². The predicted molar refractivity (Wildman–Crippen MR) is 144 cm³/mol. The van der Waals surface area contributed by atoms with E-state index in [-0.39, 0.29) is 11.9 Å². The average molecular weight is 463 g/mol. The molecule has 2 aromatic rings. The first-order valence-corrected chi connectivity index (χ1v) is 14.0. The quantitative estimate of drug-likeness (QED) is 0.168. The summed E-state index contributed by atoms with van der Waals surface area (Å²) in [6.07, 6.45) is 17.3. The highest BCUT2D eigenvalue weighted by molar-refractivity contribution is 5.75. The minimum atomic E-state index is -0.0431. The van der Waals surface area contributed by atoms with Crippen molar-refractivity contribution in [3.05, 3.63) is 53.6 Å². The summed E-state index contributed by atoms with van der Waals surface area (Å²) in [6, 6.07) is 15.0. The van der Waals surface area contributed by atoms with E-state index in [0.717, 1.165) is 25.2 Å². The van der Waals surface area contributed by atoms with Gasteiger partial charge < -0.3 is 4.74 Å². The Balaban J connectivity index is 1.51. The molecule has 0 atom stereocenters. The standard InChI is InChI=1S/C32H46O2/c1-4-6-8-9-10-11-13-27-22-25(3)23-30(24-27)28-18-20-31(21-19-28)34-32(33)29-16-14-26(15-17-29)12-7-5-2/h18-24,26,29H,4-17H2,1-3H3. The van der Waals surface area contributed by atoms with Gasteiger partial charge in [0.2, 0.25) is 0 Å². The summed E-state index contributed by atoms with van der Waals surface area (Å²) in [5.41, 5.74) is 5.17. The molecule has 0 unspecified atom stereocenters. The number of aryl methyl sites for hydroxylation is 2. The van der Waals surface area contributed by atoms with Crippen molar-refractivity contribution in [2.75, 3.05) is 0 Å². The van der Waals surface area contributed by atoms with Crippen LogP contribution in [0.1, 0.15) is 108 Å². The summed E-state index contributed by atoms with van der Waals surface area (Å²) in [5.74, 6) is 1.50. The molecule has 2 aromatic carbocycles. The Hall–Kier alpha value is -2.09. The Morgan fingerprint density at radius 3 is 2.18 bits per heavy atom. The number of esters is 1. The summed E-state index contributed by atoms with van der Waals surface area (Å²) in [7, 11) is 0. The van der Waals surface area contributed by atoms with E-state index < -0.39 is 0 Å². The van der Waals surface area contributed by atoms with Crippen molar-refractivity contribution in [2.45, 2.75) is 111 Å². The molecule has 0 saturated heterocycles. The van der Waals surface area contributed by atoms with Crippen molar-refractivity contribution in [3.63, 3.8) is 0 Å². The first-order chi connectivity index (χ1) is 16.6. The molecule has 0 amide bonds. The van der Waals surface area contributed by atoms with Gasteiger partial charge in [0, 0.05) is 0 Å². The molecule has 3 rings (SSSR count). The van der Waals surface area contributed by atoms with Crippen molar-refractivity contribution in [3.8, 4) is 16.9 Å². The van der Waals surface area contributed by atoms with Crippen molar-refractivity contribution in [1.29, 1.82) is 0 Å². The zero-order valence-corrected chi connectivity index (χ0v) is 21.9. The van der Waals surface area contributed by atoms with E-state index in [9.17, 15) is 4.79 Å². The summed E-state index contributed by atoms with van der Waals surface area (Å²) >= 11 is 0. The molecule has 2 heteroatoms. The molecule has 0 aromatic heterocycles. The largest absolute Gasteiger partial charge is 0.426 e. The maximum absolute atomic E-state index is 12.7. The van der Waals surface area contributed by atoms with Crippen molar-refractivity contribution >= 4 is 5.97 Å². The second-order valence-corrected chi connectivity index (χ2v) is 10.5. The molecular weight excluding hydrogens is 416 g/mol. The number of hydrogen-bond acceptors (Lipinski definition) is 2. The van der Waals surface area contributed by atoms with E-state index in [1.807, 2.05) is 12.1 Å². The van der Waals surface area contributed by atoms with Crippen molar-refractivity contribution in [2.24, 2.45) is 11.8 Å². The van der Waals surface area contributed by atoms with Crippen LogP contribution in [0.4, 0.5) is 0 Å². The average Bonchev–Trinajstić information content (AvgIpc) is 2.85. The normalized spacial score (nSPS) is 18.1. The van der Waals surface area contributed by atoms with E-state index in [2.05, 4.69) is 51.1 Å². The Bertz CT molecular complexity index is 859. The lowest BCUT2D eigenvalue weighted by Gasteiger charge is -2.27. The topological polar surface area (TPSA) is 26.3 Å². The lowest BCUT2D eigenvalue weighted by Crippen LogP contribution is -2.25. The van der Waals surface area contributed by atoms with Crippen LogP contribution in [-0.2, 0) is 11.2 Å². The maximum atomic E-state index is 12.7. The second kappa shape index (κ2) is 14.3. The zero-order valence-electron chi connectivity index (χ0n) is 21.9. The highest BCUT2D eigenvalue weighted by Gasteiger charge is 2.27. The number of hydrogen-bond donors (Lipinski definition) is 0. The van der Waals surface area contributed by atoms with E-state index in [4.69, 9.17) is 4.74 Å². The van der Waals surface area contributed by atoms with Crippen LogP contribution in [0.2, 0.25) is 0 Å². The number of benzene rings is 2. The summed E-state index contributed by atoms with van der Waals surface area (Å²) in [4.78, 5) is 12.7. The smallest absolute Gasteiger partial charge is 0.314 e. The fourth-order valence-electron chi connectivity index (χ4n) is 5.38. The highest BCUT2D eigenvalue weighted by atomic mass is 16.5. The van der Waals surface area contributed by atoms with Gasteiger partial charge in [-0.25, -0.2) is 0 Å². The van der Waals surface area contributed by atoms with Gasteiger partial charge in [-0.3, -0.25) is 4.79 Å². The van der Waals surface area contributed by atoms with Crippen LogP contribution in [0.5, 0.6) is 5.75 Å². The number of carbonyl (C=O) groups excluding carboxylic acids is 1. The molecule has 0 heterocycles. The minimum absolute atomic E-state index is 0.0431.